The van der Waals surface area contributed by atoms with Crippen molar-refractivity contribution in [2.75, 3.05) is 32.5 Å². The topological polar surface area (TPSA) is 101 Å². The number of rotatable bonds is 8. The van der Waals surface area contributed by atoms with E-state index in [1.807, 2.05) is 106 Å². The molecule has 8 nitrogen and oxygen atoms in total. The van der Waals surface area contributed by atoms with Crippen LogP contribution in [0.1, 0.15) is 42.4 Å². The first-order valence-corrected chi connectivity index (χ1v) is 14.2. The summed E-state index contributed by atoms with van der Waals surface area (Å²) in [5.74, 6) is -0.595. The number of carbonyl (C=O) groups is 2. The molecule has 2 unspecified atom stereocenters. The highest BCUT2D eigenvalue weighted by Gasteiger charge is 2.37. The predicted molar refractivity (Wildman–Crippen MR) is 163 cm³/mol. The molecule has 4 aromatic rings. The van der Waals surface area contributed by atoms with E-state index in [0.717, 1.165) is 34.1 Å². The fourth-order valence-corrected chi connectivity index (χ4v) is 5.74. The first kappa shape index (κ1) is 28.4. The quantitative estimate of drug-likeness (QED) is 0.246. The molecule has 0 spiro atoms. The standard InChI is InChI=1S/C33H39N5O3/c1-23(28-21-34-29-15-8-7-14-27(28)29)30(31(39)35-26-13-9-10-24(20-26)22-37(2)3)36-32(40)38-18-16-33(41,17-19-38)25-11-5-4-6-12-25/h4-15,20-21,23,30,34,41H,16-19,22H2,1-3H3,(H,35,39)(H,36,40). The van der Waals surface area contributed by atoms with Crippen molar-refractivity contribution >= 4 is 28.5 Å². The average molecular weight is 554 g/mol. The smallest absolute Gasteiger partial charge is 0.318 e. The lowest BCUT2D eigenvalue weighted by Gasteiger charge is -2.39. The van der Waals surface area contributed by atoms with Gasteiger partial charge < -0.3 is 30.5 Å². The highest BCUT2D eigenvalue weighted by molar-refractivity contribution is 5.98. The number of para-hydroxylation sites is 1. The monoisotopic (exact) mass is 553 g/mol. The van der Waals surface area contributed by atoms with E-state index in [9.17, 15) is 14.7 Å². The number of nitrogens with zero attached hydrogens (tertiary/aromatic N) is 2. The van der Waals surface area contributed by atoms with Crippen LogP contribution in [0.3, 0.4) is 0 Å². The lowest BCUT2D eigenvalue weighted by atomic mass is 9.84. The number of aromatic amines is 1. The second-order valence-electron chi connectivity index (χ2n) is 11.3. The van der Waals surface area contributed by atoms with Gasteiger partial charge in [0.05, 0.1) is 5.60 Å². The Balaban J connectivity index is 1.35. The molecule has 8 heteroatoms. The number of piperidine rings is 1. The number of urea groups is 1. The van der Waals surface area contributed by atoms with E-state index in [-0.39, 0.29) is 17.9 Å². The highest BCUT2D eigenvalue weighted by Crippen LogP contribution is 2.33. The Morgan fingerprint density at radius 3 is 2.44 bits per heavy atom. The van der Waals surface area contributed by atoms with Gasteiger partial charge in [0.1, 0.15) is 6.04 Å². The highest BCUT2D eigenvalue weighted by atomic mass is 16.3. The molecule has 0 radical (unpaired) electrons. The number of hydrogen-bond acceptors (Lipinski definition) is 4. The zero-order valence-corrected chi connectivity index (χ0v) is 23.9. The molecule has 0 bridgehead atoms. The molecule has 3 amide bonds. The van der Waals surface area contributed by atoms with Crippen LogP contribution in [0.25, 0.3) is 10.9 Å². The van der Waals surface area contributed by atoms with Crippen LogP contribution in [0, 0.1) is 0 Å². The summed E-state index contributed by atoms with van der Waals surface area (Å²) in [6.45, 7) is 3.49. The summed E-state index contributed by atoms with van der Waals surface area (Å²) >= 11 is 0. The van der Waals surface area contributed by atoms with E-state index in [4.69, 9.17) is 0 Å². The molecular formula is C33H39N5O3. The molecule has 1 fully saturated rings. The molecule has 1 aliphatic rings. The molecular weight excluding hydrogens is 514 g/mol. The molecule has 0 aliphatic carbocycles. The molecule has 3 aromatic carbocycles. The van der Waals surface area contributed by atoms with E-state index >= 15 is 0 Å². The first-order valence-electron chi connectivity index (χ1n) is 14.2. The van der Waals surface area contributed by atoms with Gasteiger partial charge in [0, 0.05) is 48.3 Å². The van der Waals surface area contributed by atoms with Gasteiger partial charge in [-0.25, -0.2) is 4.79 Å². The molecule has 4 N–H and O–H groups in total. The van der Waals surface area contributed by atoms with Crippen LogP contribution in [-0.2, 0) is 16.9 Å². The van der Waals surface area contributed by atoms with Gasteiger partial charge in [-0.2, -0.15) is 0 Å². The molecule has 5 rings (SSSR count). The SMILES string of the molecule is CC(c1c[nH]c2ccccc12)C(NC(=O)N1CCC(O)(c2ccccc2)CC1)C(=O)Nc1cccc(CN(C)C)c1. The van der Waals surface area contributed by atoms with Gasteiger partial charge in [0.15, 0.2) is 0 Å². The third-order valence-corrected chi connectivity index (χ3v) is 8.06. The van der Waals surface area contributed by atoms with Crippen LogP contribution in [0.4, 0.5) is 10.5 Å². The normalized spacial score (nSPS) is 16.4. The van der Waals surface area contributed by atoms with Gasteiger partial charge >= 0.3 is 6.03 Å². The maximum absolute atomic E-state index is 13.8. The molecule has 2 atom stereocenters. The summed E-state index contributed by atoms with van der Waals surface area (Å²) in [4.78, 5) is 34.4. The Morgan fingerprint density at radius 2 is 1.71 bits per heavy atom. The Kier molecular flexibility index (Phi) is 8.42. The van der Waals surface area contributed by atoms with Crippen molar-refractivity contribution in [2.45, 2.75) is 43.9 Å². The van der Waals surface area contributed by atoms with Gasteiger partial charge in [-0.05, 0) is 61.8 Å². The Bertz CT molecular complexity index is 1490. The van der Waals surface area contributed by atoms with Crippen LogP contribution >= 0.6 is 0 Å². The second kappa shape index (κ2) is 12.2. The van der Waals surface area contributed by atoms with Gasteiger partial charge in [0.25, 0.3) is 0 Å². The second-order valence-corrected chi connectivity index (χ2v) is 11.3. The molecule has 1 saturated heterocycles. The largest absolute Gasteiger partial charge is 0.385 e. The van der Waals surface area contributed by atoms with Gasteiger partial charge in [-0.3, -0.25) is 4.79 Å². The van der Waals surface area contributed by atoms with Crippen LogP contribution < -0.4 is 10.6 Å². The summed E-state index contributed by atoms with van der Waals surface area (Å²) < 4.78 is 0. The number of aliphatic hydroxyl groups is 1. The Labute approximate surface area is 241 Å². The van der Waals surface area contributed by atoms with Crippen LogP contribution in [-0.4, -0.2) is 65.1 Å². The van der Waals surface area contributed by atoms with E-state index in [1.54, 1.807) is 4.90 Å². The van der Waals surface area contributed by atoms with Gasteiger partial charge in [0.2, 0.25) is 5.91 Å². The van der Waals surface area contributed by atoms with Gasteiger partial charge in [-0.15, -0.1) is 0 Å². The zero-order valence-electron chi connectivity index (χ0n) is 23.9. The van der Waals surface area contributed by atoms with Crippen LogP contribution in [0.15, 0.2) is 85.1 Å². The first-order chi connectivity index (χ1) is 19.7. The fraction of sp³-hybridized carbons (Fsp3) is 0.333. The number of aromatic nitrogens is 1. The predicted octanol–water partition coefficient (Wildman–Crippen LogP) is 5.03. The zero-order chi connectivity index (χ0) is 29.0. The molecule has 0 saturated carbocycles. The van der Waals surface area contributed by atoms with Gasteiger partial charge in [-0.1, -0.05) is 67.6 Å². The minimum atomic E-state index is -0.969. The number of benzene rings is 3. The number of hydrogen-bond donors (Lipinski definition) is 4. The van der Waals surface area contributed by atoms with Crippen molar-refractivity contribution in [3.63, 3.8) is 0 Å². The molecule has 214 valence electrons. The van der Waals surface area contributed by atoms with Crippen molar-refractivity contribution in [3.8, 4) is 0 Å². The lowest BCUT2D eigenvalue weighted by molar-refractivity contribution is -0.118. The molecule has 41 heavy (non-hydrogen) atoms. The maximum atomic E-state index is 13.8. The number of anilines is 1. The number of likely N-dealkylation sites (tertiary alicyclic amines) is 1. The van der Waals surface area contributed by atoms with Crippen molar-refractivity contribution < 1.29 is 14.7 Å². The number of carbonyl (C=O) groups excluding carboxylic acids is 2. The third-order valence-electron chi connectivity index (χ3n) is 8.06. The Morgan fingerprint density at radius 1 is 1.00 bits per heavy atom. The minimum absolute atomic E-state index is 0.282. The van der Waals surface area contributed by atoms with E-state index in [2.05, 4.69) is 20.5 Å². The van der Waals surface area contributed by atoms with E-state index in [0.29, 0.717) is 31.6 Å². The van der Waals surface area contributed by atoms with Crippen LogP contribution in [0.2, 0.25) is 0 Å². The number of fused-ring (bicyclic) bond motifs is 1. The summed E-state index contributed by atoms with van der Waals surface area (Å²) in [5, 5.41) is 18.4. The molecule has 1 aliphatic heterocycles. The van der Waals surface area contributed by atoms with E-state index < -0.39 is 11.6 Å². The van der Waals surface area contributed by atoms with Crippen LogP contribution in [0.5, 0.6) is 0 Å². The van der Waals surface area contributed by atoms with Crippen molar-refractivity contribution in [2.24, 2.45) is 0 Å². The average Bonchev–Trinajstić information content (AvgIpc) is 3.40. The fourth-order valence-electron chi connectivity index (χ4n) is 5.74. The minimum Gasteiger partial charge on any atom is -0.385 e. The number of nitrogens with one attached hydrogen (secondary N) is 3. The maximum Gasteiger partial charge on any atom is 0.318 e. The summed E-state index contributed by atoms with van der Waals surface area (Å²) in [6, 6.07) is 24.2. The summed E-state index contributed by atoms with van der Waals surface area (Å²) in [7, 11) is 4.00. The molecule has 2 heterocycles. The third kappa shape index (κ3) is 6.45. The van der Waals surface area contributed by atoms with E-state index in [1.165, 1.54) is 0 Å². The number of H-pyrrole nitrogens is 1. The summed E-state index contributed by atoms with van der Waals surface area (Å²) in [5.41, 5.74) is 3.60. The lowest BCUT2D eigenvalue weighted by Crippen LogP contribution is -2.54. The van der Waals surface area contributed by atoms with Crippen molar-refractivity contribution in [3.05, 3.63) is 102 Å². The summed E-state index contributed by atoms with van der Waals surface area (Å²) in [6.07, 6.45) is 2.77. The van der Waals surface area contributed by atoms with Crippen molar-refractivity contribution in [1.29, 1.82) is 0 Å². The molecule has 1 aromatic heterocycles. The van der Waals surface area contributed by atoms with Crippen molar-refractivity contribution in [1.82, 2.24) is 20.1 Å². The number of amides is 3. The Hall–Kier alpha value is -4.14.